The van der Waals surface area contributed by atoms with Gasteiger partial charge in [0.05, 0.1) is 11.7 Å². The summed E-state index contributed by atoms with van der Waals surface area (Å²) in [5, 5.41) is 20.1. The fourth-order valence-corrected chi connectivity index (χ4v) is 2.66. The molecule has 3 nitrogen and oxygen atoms in total. The van der Waals surface area contributed by atoms with Crippen molar-refractivity contribution in [1.82, 2.24) is 4.90 Å². The highest BCUT2D eigenvalue weighted by atomic mass is 16.3. The average Bonchev–Trinajstić information content (AvgIpc) is 2.36. The Labute approximate surface area is 109 Å². The first-order chi connectivity index (χ1) is 8.57. The fraction of sp³-hybridized carbons (Fsp3) is 0.600. The van der Waals surface area contributed by atoms with Crippen molar-refractivity contribution in [2.45, 2.75) is 37.9 Å². The largest absolute Gasteiger partial charge is 0.389 e. The lowest BCUT2D eigenvalue weighted by atomic mass is 9.95. The Kier molecular flexibility index (Phi) is 4.38. The second kappa shape index (κ2) is 5.83. The van der Waals surface area contributed by atoms with Gasteiger partial charge in [-0.2, -0.15) is 0 Å². The van der Waals surface area contributed by atoms with E-state index in [1.807, 2.05) is 37.3 Å². The molecular weight excluding hydrogens is 226 g/mol. The SMILES string of the molecule is CC1(O)CCCN(CCC(O)c2ccccc2)C1. The second-order valence-electron chi connectivity index (χ2n) is 5.59. The zero-order valence-corrected chi connectivity index (χ0v) is 11.0. The zero-order valence-electron chi connectivity index (χ0n) is 11.0. The lowest BCUT2D eigenvalue weighted by Gasteiger charge is -2.37. The quantitative estimate of drug-likeness (QED) is 0.857. The van der Waals surface area contributed by atoms with Crippen molar-refractivity contribution < 1.29 is 10.2 Å². The van der Waals surface area contributed by atoms with Crippen molar-refractivity contribution in [1.29, 1.82) is 0 Å². The van der Waals surface area contributed by atoms with Crippen LogP contribution in [-0.4, -0.2) is 40.3 Å². The summed E-state index contributed by atoms with van der Waals surface area (Å²) >= 11 is 0. The highest BCUT2D eigenvalue weighted by Crippen LogP contribution is 2.22. The van der Waals surface area contributed by atoms with E-state index >= 15 is 0 Å². The van der Waals surface area contributed by atoms with Gasteiger partial charge in [0.15, 0.2) is 0 Å². The normalized spacial score (nSPS) is 27.1. The van der Waals surface area contributed by atoms with Crippen molar-refractivity contribution in [3.63, 3.8) is 0 Å². The van der Waals surface area contributed by atoms with E-state index in [9.17, 15) is 10.2 Å². The van der Waals surface area contributed by atoms with Gasteiger partial charge in [0, 0.05) is 13.1 Å². The minimum Gasteiger partial charge on any atom is -0.389 e. The number of hydrogen-bond donors (Lipinski definition) is 2. The highest BCUT2D eigenvalue weighted by Gasteiger charge is 2.28. The molecule has 1 saturated heterocycles. The summed E-state index contributed by atoms with van der Waals surface area (Å²) < 4.78 is 0. The van der Waals surface area contributed by atoms with Crippen LogP contribution in [0.4, 0.5) is 0 Å². The lowest BCUT2D eigenvalue weighted by molar-refractivity contribution is -0.0191. The Morgan fingerprint density at radius 1 is 1.33 bits per heavy atom. The van der Waals surface area contributed by atoms with Crippen LogP contribution in [0, 0.1) is 0 Å². The van der Waals surface area contributed by atoms with Gasteiger partial charge in [0.2, 0.25) is 0 Å². The van der Waals surface area contributed by atoms with E-state index < -0.39 is 11.7 Å². The molecule has 0 bridgehead atoms. The smallest absolute Gasteiger partial charge is 0.0802 e. The Balaban J connectivity index is 1.81. The van der Waals surface area contributed by atoms with E-state index in [1.165, 1.54) is 0 Å². The topological polar surface area (TPSA) is 43.7 Å². The number of nitrogens with zero attached hydrogens (tertiary/aromatic N) is 1. The van der Waals surface area contributed by atoms with Crippen molar-refractivity contribution in [3.8, 4) is 0 Å². The van der Waals surface area contributed by atoms with Crippen LogP contribution >= 0.6 is 0 Å². The van der Waals surface area contributed by atoms with Gasteiger partial charge in [0.1, 0.15) is 0 Å². The third-order valence-electron chi connectivity index (χ3n) is 3.66. The van der Waals surface area contributed by atoms with Crippen molar-refractivity contribution in [3.05, 3.63) is 35.9 Å². The molecule has 1 aromatic carbocycles. The van der Waals surface area contributed by atoms with Crippen LogP contribution in [0.25, 0.3) is 0 Å². The molecule has 1 aliphatic heterocycles. The third kappa shape index (κ3) is 3.80. The molecular formula is C15H23NO2. The molecule has 18 heavy (non-hydrogen) atoms. The number of benzene rings is 1. The van der Waals surface area contributed by atoms with Crippen LogP contribution in [0.3, 0.4) is 0 Å². The van der Waals surface area contributed by atoms with Crippen molar-refractivity contribution in [2.24, 2.45) is 0 Å². The molecule has 1 fully saturated rings. The molecule has 0 aromatic heterocycles. The molecule has 2 N–H and O–H groups in total. The van der Waals surface area contributed by atoms with E-state index in [2.05, 4.69) is 4.90 Å². The minimum absolute atomic E-state index is 0.405. The lowest BCUT2D eigenvalue weighted by Crippen LogP contribution is -2.46. The number of likely N-dealkylation sites (tertiary alicyclic amines) is 1. The fourth-order valence-electron chi connectivity index (χ4n) is 2.66. The number of hydrogen-bond acceptors (Lipinski definition) is 3. The Hall–Kier alpha value is -0.900. The van der Waals surface area contributed by atoms with Gasteiger partial charge in [-0.25, -0.2) is 0 Å². The molecule has 2 unspecified atom stereocenters. The molecule has 1 heterocycles. The maximum absolute atomic E-state index is 10.1. The van der Waals surface area contributed by atoms with E-state index in [1.54, 1.807) is 0 Å². The van der Waals surface area contributed by atoms with E-state index in [-0.39, 0.29) is 0 Å². The molecule has 2 atom stereocenters. The molecule has 100 valence electrons. The predicted molar refractivity (Wildman–Crippen MR) is 72.3 cm³/mol. The molecule has 2 rings (SSSR count). The van der Waals surface area contributed by atoms with E-state index in [0.29, 0.717) is 6.54 Å². The Bertz CT molecular complexity index is 364. The van der Waals surface area contributed by atoms with Crippen molar-refractivity contribution >= 4 is 0 Å². The van der Waals surface area contributed by atoms with E-state index in [4.69, 9.17) is 0 Å². The first kappa shape index (κ1) is 13.5. The van der Waals surface area contributed by atoms with Crippen LogP contribution in [-0.2, 0) is 0 Å². The Morgan fingerprint density at radius 3 is 2.72 bits per heavy atom. The summed E-state index contributed by atoms with van der Waals surface area (Å²) in [5.74, 6) is 0. The summed E-state index contributed by atoms with van der Waals surface area (Å²) in [4.78, 5) is 2.25. The summed E-state index contributed by atoms with van der Waals surface area (Å²) in [7, 11) is 0. The molecule has 0 spiro atoms. The minimum atomic E-state index is -0.560. The molecule has 0 aliphatic carbocycles. The van der Waals surface area contributed by atoms with Gasteiger partial charge in [0.25, 0.3) is 0 Å². The standard InChI is InChI=1S/C15H23NO2/c1-15(18)9-5-10-16(12-15)11-8-14(17)13-6-3-2-4-7-13/h2-4,6-7,14,17-18H,5,8-12H2,1H3. The predicted octanol–water partition coefficient (Wildman–Crippen LogP) is 1.96. The molecule has 3 heteroatoms. The molecule has 0 saturated carbocycles. The summed E-state index contributed by atoms with van der Waals surface area (Å²) in [6.45, 7) is 4.48. The van der Waals surface area contributed by atoms with Crippen LogP contribution < -0.4 is 0 Å². The van der Waals surface area contributed by atoms with Gasteiger partial charge in [-0.15, -0.1) is 0 Å². The monoisotopic (exact) mass is 249 g/mol. The number of β-amino-alcohol motifs (C(OH)–C–C–N with tert-alkyl or cyclic N) is 1. The Morgan fingerprint density at radius 2 is 2.06 bits per heavy atom. The number of aliphatic hydroxyl groups excluding tert-OH is 1. The maximum atomic E-state index is 10.1. The van der Waals surface area contributed by atoms with Crippen LogP contribution in [0.2, 0.25) is 0 Å². The average molecular weight is 249 g/mol. The summed E-state index contributed by atoms with van der Waals surface area (Å²) in [6, 6.07) is 9.76. The van der Waals surface area contributed by atoms with Gasteiger partial charge in [-0.05, 0) is 38.3 Å². The molecule has 1 aliphatic rings. The molecule has 0 radical (unpaired) electrons. The van der Waals surface area contributed by atoms with E-state index in [0.717, 1.165) is 37.9 Å². The van der Waals surface area contributed by atoms with Crippen molar-refractivity contribution in [2.75, 3.05) is 19.6 Å². The number of aliphatic hydroxyl groups is 2. The van der Waals surface area contributed by atoms with Crippen LogP contribution in [0.1, 0.15) is 37.9 Å². The van der Waals surface area contributed by atoms with Crippen LogP contribution in [0.15, 0.2) is 30.3 Å². The maximum Gasteiger partial charge on any atom is 0.0802 e. The first-order valence-electron chi connectivity index (χ1n) is 6.75. The first-order valence-corrected chi connectivity index (χ1v) is 6.75. The summed E-state index contributed by atoms with van der Waals surface area (Å²) in [5.41, 5.74) is 0.414. The number of rotatable bonds is 4. The molecule has 1 aromatic rings. The van der Waals surface area contributed by atoms with Gasteiger partial charge >= 0.3 is 0 Å². The van der Waals surface area contributed by atoms with Gasteiger partial charge < -0.3 is 15.1 Å². The third-order valence-corrected chi connectivity index (χ3v) is 3.66. The zero-order chi connectivity index (χ0) is 13.0. The molecule has 0 amide bonds. The highest BCUT2D eigenvalue weighted by molar-refractivity contribution is 5.17. The summed E-state index contributed by atoms with van der Waals surface area (Å²) in [6.07, 6.45) is 2.23. The van der Waals surface area contributed by atoms with Crippen LogP contribution in [0.5, 0.6) is 0 Å². The number of piperidine rings is 1. The van der Waals surface area contributed by atoms with Gasteiger partial charge in [-0.1, -0.05) is 30.3 Å². The van der Waals surface area contributed by atoms with Gasteiger partial charge in [-0.3, -0.25) is 0 Å². The second-order valence-corrected chi connectivity index (χ2v) is 5.59.